The van der Waals surface area contributed by atoms with Crippen molar-refractivity contribution in [1.29, 1.82) is 0 Å². The van der Waals surface area contributed by atoms with Gasteiger partial charge in [-0.3, -0.25) is 0 Å². The SMILES string of the molecule is CNCc1ccc(N2CCSC(C)(C)C2)cc1. The fourth-order valence-electron chi connectivity index (χ4n) is 2.27. The molecule has 0 aromatic heterocycles. The highest BCUT2D eigenvalue weighted by Crippen LogP contribution is 2.32. The molecule has 1 N–H and O–H groups in total. The fraction of sp³-hybridized carbons (Fsp3) is 0.571. The number of nitrogens with one attached hydrogen (secondary N) is 1. The number of rotatable bonds is 3. The summed E-state index contributed by atoms with van der Waals surface area (Å²) < 4.78 is 0.377. The van der Waals surface area contributed by atoms with E-state index < -0.39 is 0 Å². The lowest BCUT2D eigenvalue weighted by atomic mass is 10.1. The van der Waals surface area contributed by atoms with Gasteiger partial charge in [0.2, 0.25) is 0 Å². The first kappa shape index (κ1) is 12.8. The molecule has 1 saturated heterocycles. The largest absolute Gasteiger partial charge is 0.369 e. The van der Waals surface area contributed by atoms with Gasteiger partial charge in [-0.05, 0) is 38.6 Å². The van der Waals surface area contributed by atoms with Crippen molar-refractivity contribution in [3.05, 3.63) is 29.8 Å². The normalized spacial score (nSPS) is 19.4. The Bertz CT molecular complexity index is 359. The van der Waals surface area contributed by atoms with E-state index in [1.807, 2.05) is 7.05 Å². The van der Waals surface area contributed by atoms with Crippen LogP contribution in [0.15, 0.2) is 24.3 Å². The van der Waals surface area contributed by atoms with Crippen LogP contribution in [0.25, 0.3) is 0 Å². The van der Waals surface area contributed by atoms with Gasteiger partial charge in [0, 0.05) is 35.8 Å². The molecule has 0 bridgehead atoms. The van der Waals surface area contributed by atoms with Gasteiger partial charge in [-0.1, -0.05) is 12.1 Å². The van der Waals surface area contributed by atoms with Gasteiger partial charge in [-0.2, -0.15) is 11.8 Å². The number of anilines is 1. The first-order valence-corrected chi connectivity index (χ1v) is 7.22. The zero-order chi connectivity index (χ0) is 12.3. The third-order valence-corrected chi connectivity index (χ3v) is 4.41. The Morgan fingerprint density at radius 3 is 2.59 bits per heavy atom. The van der Waals surface area contributed by atoms with E-state index in [1.165, 1.54) is 23.5 Å². The summed E-state index contributed by atoms with van der Waals surface area (Å²) in [6.07, 6.45) is 0. The first-order valence-electron chi connectivity index (χ1n) is 6.23. The van der Waals surface area contributed by atoms with E-state index >= 15 is 0 Å². The Labute approximate surface area is 109 Å². The molecule has 0 atom stereocenters. The van der Waals surface area contributed by atoms with Crippen molar-refractivity contribution >= 4 is 17.4 Å². The van der Waals surface area contributed by atoms with Crippen molar-refractivity contribution in [1.82, 2.24) is 5.32 Å². The van der Waals surface area contributed by atoms with Gasteiger partial charge in [-0.15, -0.1) is 0 Å². The average molecular weight is 250 g/mol. The molecule has 2 nitrogen and oxygen atoms in total. The molecular weight excluding hydrogens is 228 g/mol. The van der Waals surface area contributed by atoms with Gasteiger partial charge in [0.1, 0.15) is 0 Å². The van der Waals surface area contributed by atoms with Crippen LogP contribution in [0.1, 0.15) is 19.4 Å². The van der Waals surface area contributed by atoms with E-state index in [4.69, 9.17) is 0 Å². The van der Waals surface area contributed by atoms with Crippen LogP contribution in [0, 0.1) is 0 Å². The zero-order valence-corrected chi connectivity index (χ0v) is 11.8. The minimum Gasteiger partial charge on any atom is -0.369 e. The Kier molecular flexibility index (Phi) is 4.00. The standard InChI is InChI=1S/C14H22N2S/c1-14(2)11-16(8-9-17-14)13-6-4-12(5-7-13)10-15-3/h4-7,15H,8-11H2,1-3H3. The van der Waals surface area contributed by atoms with Crippen LogP contribution in [-0.4, -0.2) is 30.6 Å². The number of thioether (sulfide) groups is 1. The number of hydrogen-bond acceptors (Lipinski definition) is 3. The van der Waals surface area contributed by atoms with Crippen molar-refractivity contribution < 1.29 is 0 Å². The van der Waals surface area contributed by atoms with Crippen LogP contribution >= 0.6 is 11.8 Å². The molecule has 0 unspecified atom stereocenters. The van der Waals surface area contributed by atoms with Gasteiger partial charge in [0.05, 0.1) is 0 Å². The summed E-state index contributed by atoms with van der Waals surface area (Å²) in [6.45, 7) is 7.92. The highest BCUT2D eigenvalue weighted by molar-refractivity contribution is 8.00. The fourth-order valence-corrected chi connectivity index (χ4v) is 3.38. The molecule has 0 aliphatic carbocycles. The summed E-state index contributed by atoms with van der Waals surface area (Å²) in [7, 11) is 1.98. The maximum absolute atomic E-state index is 3.18. The van der Waals surface area contributed by atoms with Crippen LogP contribution in [-0.2, 0) is 6.54 Å². The third kappa shape index (κ3) is 3.39. The minimum absolute atomic E-state index is 0.377. The topological polar surface area (TPSA) is 15.3 Å². The molecule has 0 radical (unpaired) electrons. The summed E-state index contributed by atoms with van der Waals surface area (Å²) in [5.41, 5.74) is 2.71. The predicted molar refractivity (Wildman–Crippen MR) is 78.0 cm³/mol. The number of benzene rings is 1. The molecule has 2 rings (SSSR count). The van der Waals surface area contributed by atoms with Crippen molar-refractivity contribution in [2.75, 3.05) is 30.8 Å². The first-order chi connectivity index (χ1) is 8.11. The quantitative estimate of drug-likeness (QED) is 0.888. The van der Waals surface area contributed by atoms with Gasteiger partial charge < -0.3 is 10.2 Å². The molecule has 1 aliphatic rings. The monoisotopic (exact) mass is 250 g/mol. The summed E-state index contributed by atoms with van der Waals surface area (Å²) >= 11 is 2.08. The molecule has 1 aliphatic heterocycles. The maximum atomic E-state index is 3.18. The smallest absolute Gasteiger partial charge is 0.0367 e. The van der Waals surface area contributed by atoms with Gasteiger partial charge >= 0.3 is 0 Å². The molecule has 0 amide bonds. The van der Waals surface area contributed by atoms with E-state index in [0.717, 1.165) is 13.1 Å². The molecule has 0 spiro atoms. The minimum atomic E-state index is 0.377. The second-order valence-corrected chi connectivity index (χ2v) is 7.03. The van der Waals surface area contributed by atoms with Crippen LogP contribution in [0.4, 0.5) is 5.69 Å². The summed E-state index contributed by atoms with van der Waals surface area (Å²) in [5.74, 6) is 1.23. The van der Waals surface area contributed by atoms with E-state index in [-0.39, 0.29) is 0 Å². The Morgan fingerprint density at radius 2 is 2.00 bits per heavy atom. The molecular formula is C14H22N2S. The Balaban J connectivity index is 2.06. The lowest BCUT2D eigenvalue weighted by Crippen LogP contribution is -2.43. The molecule has 1 fully saturated rings. The van der Waals surface area contributed by atoms with Crippen LogP contribution < -0.4 is 10.2 Å². The van der Waals surface area contributed by atoms with Gasteiger partial charge in [0.25, 0.3) is 0 Å². The van der Waals surface area contributed by atoms with Gasteiger partial charge in [-0.25, -0.2) is 0 Å². The van der Waals surface area contributed by atoms with E-state index in [2.05, 4.69) is 60.1 Å². The number of hydrogen-bond donors (Lipinski definition) is 1. The van der Waals surface area contributed by atoms with Crippen LogP contribution in [0.3, 0.4) is 0 Å². The van der Waals surface area contributed by atoms with Gasteiger partial charge in [0.15, 0.2) is 0 Å². The maximum Gasteiger partial charge on any atom is 0.0367 e. The average Bonchev–Trinajstić information content (AvgIpc) is 2.29. The second kappa shape index (κ2) is 5.32. The summed E-state index contributed by atoms with van der Waals surface area (Å²) in [4.78, 5) is 2.50. The Morgan fingerprint density at radius 1 is 1.29 bits per heavy atom. The molecule has 1 aromatic carbocycles. The van der Waals surface area contributed by atoms with E-state index in [0.29, 0.717) is 4.75 Å². The molecule has 17 heavy (non-hydrogen) atoms. The molecule has 0 saturated carbocycles. The van der Waals surface area contributed by atoms with Crippen molar-refractivity contribution in [3.8, 4) is 0 Å². The van der Waals surface area contributed by atoms with Crippen molar-refractivity contribution in [3.63, 3.8) is 0 Å². The lowest BCUT2D eigenvalue weighted by molar-refractivity contribution is 0.647. The molecule has 1 aromatic rings. The molecule has 1 heterocycles. The van der Waals surface area contributed by atoms with Crippen molar-refractivity contribution in [2.45, 2.75) is 25.1 Å². The Hall–Kier alpha value is -0.670. The lowest BCUT2D eigenvalue weighted by Gasteiger charge is -2.39. The highest BCUT2D eigenvalue weighted by atomic mass is 32.2. The predicted octanol–water partition coefficient (Wildman–Crippen LogP) is 2.74. The summed E-state index contributed by atoms with van der Waals surface area (Å²) in [6, 6.07) is 8.94. The third-order valence-electron chi connectivity index (χ3n) is 3.11. The van der Waals surface area contributed by atoms with E-state index in [1.54, 1.807) is 0 Å². The van der Waals surface area contributed by atoms with E-state index in [9.17, 15) is 0 Å². The number of nitrogens with zero attached hydrogens (tertiary/aromatic N) is 1. The van der Waals surface area contributed by atoms with Crippen LogP contribution in [0.2, 0.25) is 0 Å². The van der Waals surface area contributed by atoms with Crippen LogP contribution in [0.5, 0.6) is 0 Å². The zero-order valence-electron chi connectivity index (χ0n) is 11.0. The summed E-state index contributed by atoms with van der Waals surface area (Å²) in [5, 5.41) is 3.18. The second-order valence-electron chi connectivity index (χ2n) is 5.23. The molecule has 94 valence electrons. The molecule has 3 heteroatoms. The highest BCUT2D eigenvalue weighted by Gasteiger charge is 2.26. The van der Waals surface area contributed by atoms with Crippen molar-refractivity contribution in [2.24, 2.45) is 0 Å².